The molecule has 0 atom stereocenters. The Morgan fingerprint density at radius 1 is 1.34 bits per heavy atom. The maximum atomic E-state index is 14.4. The fraction of sp³-hybridized carbons (Fsp3) is 0.263. The van der Waals surface area contributed by atoms with Crippen LogP contribution in [0.15, 0.2) is 34.9 Å². The fourth-order valence-electron chi connectivity index (χ4n) is 3.81. The number of nitrogens with zero attached hydrogens (tertiary/aromatic N) is 4. The molecule has 1 aliphatic heterocycles. The number of amides is 1. The molecule has 0 radical (unpaired) electrons. The third kappa shape index (κ3) is 3.38. The average Bonchev–Trinajstić information content (AvgIpc) is 3.08. The van der Waals surface area contributed by atoms with E-state index in [9.17, 15) is 19.6 Å². The van der Waals surface area contributed by atoms with E-state index in [1.54, 1.807) is 24.4 Å². The van der Waals surface area contributed by atoms with Crippen LogP contribution in [0.1, 0.15) is 24.1 Å². The van der Waals surface area contributed by atoms with Crippen molar-refractivity contribution in [1.82, 2.24) is 20.3 Å². The van der Waals surface area contributed by atoms with Crippen LogP contribution in [0, 0.1) is 17.1 Å². The van der Waals surface area contributed by atoms with Crippen LogP contribution in [0.4, 0.5) is 15.1 Å². The molecule has 2 aromatic heterocycles. The molecule has 0 unspecified atom stereocenters. The summed E-state index contributed by atoms with van der Waals surface area (Å²) in [7, 11) is 0. The number of benzene rings is 1. The quantitative estimate of drug-likeness (QED) is 0.552. The van der Waals surface area contributed by atoms with Gasteiger partial charge in [-0.3, -0.25) is 0 Å². The first-order chi connectivity index (χ1) is 13.9. The Morgan fingerprint density at radius 3 is 2.72 bits per heavy atom. The van der Waals surface area contributed by atoms with Gasteiger partial charge in [-0.2, -0.15) is 10.2 Å². The second-order valence-electron chi connectivity index (χ2n) is 6.82. The van der Waals surface area contributed by atoms with Gasteiger partial charge in [0, 0.05) is 29.3 Å². The molecular formula is C19H16BrFN6O2. The topological polar surface area (TPSA) is 118 Å². The molecule has 1 aliphatic rings. The van der Waals surface area contributed by atoms with Crippen LogP contribution in [0.3, 0.4) is 0 Å². The number of hydrogen-bond donors (Lipinski definition) is 3. The average molecular weight is 459 g/mol. The van der Waals surface area contributed by atoms with Crippen molar-refractivity contribution >= 4 is 39.0 Å². The molecule has 3 N–H and O–H groups in total. The summed E-state index contributed by atoms with van der Waals surface area (Å²) in [6, 6.07) is 8.28. The number of anilines is 1. The maximum absolute atomic E-state index is 14.4. The van der Waals surface area contributed by atoms with E-state index in [4.69, 9.17) is 0 Å². The Labute approximate surface area is 173 Å². The number of nitriles is 1. The van der Waals surface area contributed by atoms with Gasteiger partial charge >= 0.3 is 6.09 Å². The van der Waals surface area contributed by atoms with Gasteiger partial charge in [0.15, 0.2) is 5.69 Å². The summed E-state index contributed by atoms with van der Waals surface area (Å²) in [5, 5.41) is 21.9. The Balaban J connectivity index is 1.66. The van der Waals surface area contributed by atoms with Crippen molar-refractivity contribution in [2.45, 2.75) is 18.4 Å². The molecule has 148 valence electrons. The first kappa shape index (κ1) is 19.1. The van der Waals surface area contributed by atoms with Crippen LogP contribution in [-0.2, 0) is 5.54 Å². The first-order valence-corrected chi connectivity index (χ1v) is 9.68. The molecule has 3 heterocycles. The van der Waals surface area contributed by atoms with E-state index < -0.39 is 17.4 Å². The lowest BCUT2D eigenvalue weighted by Crippen LogP contribution is -2.53. The number of fused-ring (bicyclic) bond motifs is 1. The van der Waals surface area contributed by atoms with Gasteiger partial charge in [-0.25, -0.2) is 14.2 Å². The summed E-state index contributed by atoms with van der Waals surface area (Å²) in [6.45, 7) is 0.791. The van der Waals surface area contributed by atoms with Crippen LogP contribution < -0.4 is 10.2 Å². The summed E-state index contributed by atoms with van der Waals surface area (Å²) < 4.78 is 15.2. The van der Waals surface area contributed by atoms with Crippen LogP contribution in [0.2, 0.25) is 0 Å². The molecule has 1 fully saturated rings. The van der Waals surface area contributed by atoms with Gasteiger partial charge in [0.25, 0.3) is 0 Å². The number of piperidine rings is 1. The third-order valence-electron chi connectivity index (χ3n) is 5.21. The molecule has 1 amide bonds. The fourth-order valence-corrected chi connectivity index (χ4v) is 4.30. The van der Waals surface area contributed by atoms with Gasteiger partial charge in [-0.05, 0) is 34.8 Å². The zero-order chi connectivity index (χ0) is 20.6. The van der Waals surface area contributed by atoms with E-state index in [1.807, 2.05) is 4.90 Å². The number of rotatable bonds is 3. The lowest BCUT2D eigenvalue weighted by molar-refractivity contribution is 0.166. The Morgan fingerprint density at radius 2 is 2.07 bits per heavy atom. The summed E-state index contributed by atoms with van der Waals surface area (Å²) in [6.07, 6.45) is 1.15. The molecule has 4 rings (SSSR count). The van der Waals surface area contributed by atoms with Crippen molar-refractivity contribution in [3.8, 4) is 6.07 Å². The number of nitrogens with one attached hydrogen (secondary N) is 2. The van der Waals surface area contributed by atoms with Crippen molar-refractivity contribution in [3.63, 3.8) is 0 Å². The van der Waals surface area contributed by atoms with Crippen molar-refractivity contribution < 1.29 is 14.3 Å². The molecule has 1 aromatic carbocycles. The highest BCUT2D eigenvalue weighted by Crippen LogP contribution is 2.36. The van der Waals surface area contributed by atoms with Crippen LogP contribution in [0.5, 0.6) is 0 Å². The molecular weight excluding hydrogens is 443 g/mol. The predicted octanol–water partition coefficient (Wildman–Crippen LogP) is 3.49. The van der Waals surface area contributed by atoms with Crippen molar-refractivity contribution in [2.75, 3.05) is 18.0 Å². The Kier molecular flexibility index (Phi) is 4.84. The molecule has 29 heavy (non-hydrogen) atoms. The van der Waals surface area contributed by atoms with Crippen molar-refractivity contribution in [3.05, 3.63) is 52.0 Å². The maximum Gasteiger partial charge on any atom is 0.405 e. The zero-order valence-electron chi connectivity index (χ0n) is 15.1. The molecule has 10 heteroatoms. The second kappa shape index (κ2) is 7.33. The molecule has 0 saturated carbocycles. The van der Waals surface area contributed by atoms with E-state index >= 15 is 0 Å². The van der Waals surface area contributed by atoms with E-state index in [0.717, 1.165) is 0 Å². The number of H-pyrrole nitrogens is 1. The highest BCUT2D eigenvalue weighted by molar-refractivity contribution is 9.10. The number of halogens is 2. The molecule has 8 nitrogen and oxygen atoms in total. The highest BCUT2D eigenvalue weighted by Gasteiger charge is 2.40. The van der Waals surface area contributed by atoms with Gasteiger partial charge in [0.2, 0.25) is 5.95 Å². The summed E-state index contributed by atoms with van der Waals surface area (Å²) in [5.41, 5.74) is 0.0656. The normalized spacial score (nSPS) is 15.8. The standard InChI is InChI=1S/C19H16BrFN6O2/c20-12-10-23-16-15(12)14(9-22)24-17(25-16)27-7-5-19(6-8-27,26-18(28)29)11-3-1-2-4-13(11)21/h1-4,10,26H,5-8H2,(H,28,29)(H,23,24,25). The minimum absolute atomic E-state index is 0.243. The largest absolute Gasteiger partial charge is 0.465 e. The third-order valence-corrected chi connectivity index (χ3v) is 5.84. The monoisotopic (exact) mass is 458 g/mol. The van der Waals surface area contributed by atoms with Crippen LogP contribution in [0.25, 0.3) is 11.0 Å². The summed E-state index contributed by atoms with van der Waals surface area (Å²) >= 11 is 3.37. The zero-order valence-corrected chi connectivity index (χ0v) is 16.7. The van der Waals surface area contributed by atoms with Gasteiger partial charge in [0.05, 0.1) is 10.9 Å². The minimum Gasteiger partial charge on any atom is -0.465 e. The minimum atomic E-state index is -1.21. The second-order valence-corrected chi connectivity index (χ2v) is 7.68. The van der Waals surface area contributed by atoms with Crippen molar-refractivity contribution in [2.24, 2.45) is 0 Å². The summed E-state index contributed by atoms with van der Waals surface area (Å²) in [5.74, 6) is -0.0729. The van der Waals surface area contributed by atoms with Gasteiger partial charge < -0.3 is 20.3 Å². The SMILES string of the molecule is N#Cc1nc(N2CCC(NC(=O)O)(c3ccccc3F)CC2)nc2[nH]cc(Br)c12. The number of hydrogen-bond acceptors (Lipinski definition) is 5. The molecule has 0 spiro atoms. The van der Waals surface area contributed by atoms with E-state index in [0.29, 0.717) is 52.9 Å². The van der Waals surface area contributed by atoms with Crippen molar-refractivity contribution in [1.29, 1.82) is 5.26 Å². The van der Waals surface area contributed by atoms with E-state index in [-0.39, 0.29) is 5.69 Å². The molecule has 0 bridgehead atoms. The number of carboxylic acid groups (broad SMARTS) is 1. The highest BCUT2D eigenvalue weighted by atomic mass is 79.9. The number of aromatic nitrogens is 3. The van der Waals surface area contributed by atoms with Gasteiger partial charge in [0.1, 0.15) is 17.5 Å². The van der Waals surface area contributed by atoms with Crippen LogP contribution in [-0.4, -0.2) is 39.2 Å². The van der Waals surface area contributed by atoms with Gasteiger partial charge in [-0.1, -0.05) is 18.2 Å². The summed E-state index contributed by atoms with van der Waals surface area (Å²) in [4.78, 5) is 25.2. The Bertz CT molecular complexity index is 1130. The smallest absolute Gasteiger partial charge is 0.405 e. The number of carbonyl (C=O) groups is 1. The van der Waals surface area contributed by atoms with Gasteiger partial charge in [-0.15, -0.1) is 0 Å². The Hall–Kier alpha value is -3.19. The first-order valence-electron chi connectivity index (χ1n) is 8.89. The van der Waals surface area contributed by atoms with Crippen LogP contribution >= 0.6 is 15.9 Å². The predicted molar refractivity (Wildman–Crippen MR) is 107 cm³/mol. The molecule has 0 aliphatic carbocycles. The lowest BCUT2D eigenvalue weighted by Gasteiger charge is -2.42. The number of aromatic amines is 1. The lowest BCUT2D eigenvalue weighted by atomic mass is 9.80. The molecule has 3 aromatic rings. The molecule has 1 saturated heterocycles. The van der Waals surface area contributed by atoms with E-state index in [2.05, 4.69) is 42.3 Å². The van der Waals surface area contributed by atoms with E-state index in [1.165, 1.54) is 6.07 Å².